The summed E-state index contributed by atoms with van der Waals surface area (Å²) in [5.41, 5.74) is 7.87. The predicted molar refractivity (Wildman–Crippen MR) is 130 cm³/mol. The molecule has 0 amide bonds. The highest BCUT2D eigenvalue weighted by atomic mass is 15.3. The van der Waals surface area contributed by atoms with E-state index in [9.17, 15) is 0 Å². The van der Waals surface area contributed by atoms with E-state index in [2.05, 4.69) is 46.2 Å². The van der Waals surface area contributed by atoms with Gasteiger partial charge in [0.25, 0.3) is 0 Å². The van der Waals surface area contributed by atoms with Crippen molar-refractivity contribution >= 4 is 16.7 Å². The number of pyridine rings is 2. The van der Waals surface area contributed by atoms with E-state index in [1.807, 2.05) is 64.5 Å². The lowest BCUT2D eigenvalue weighted by molar-refractivity contribution is 0.532. The highest BCUT2D eigenvalue weighted by Crippen LogP contribution is 2.30. The lowest BCUT2D eigenvalue weighted by Gasteiger charge is -2.08. The van der Waals surface area contributed by atoms with E-state index in [4.69, 9.17) is 10.1 Å². The molecule has 0 bridgehead atoms. The zero-order valence-electron chi connectivity index (χ0n) is 19.4. The predicted octanol–water partition coefficient (Wildman–Crippen LogP) is 4.49. The first-order valence-electron chi connectivity index (χ1n) is 11.1. The molecule has 9 nitrogen and oxygen atoms in total. The summed E-state index contributed by atoms with van der Waals surface area (Å²) in [5.74, 6) is 0. The summed E-state index contributed by atoms with van der Waals surface area (Å²) >= 11 is 0. The summed E-state index contributed by atoms with van der Waals surface area (Å²) in [5, 5.41) is 10.3. The highest BCUT2D eigenvalue weighted by molar-refractivity contribution is 5.92. The van der Waals surface area contributed by atoms with Crippen LogP contribution in [0.5, 0.6) is 0 Å². The van der Waals surface area contributed by atoms with Gasteiger partial charge in [-0.15, -0.1) is 0 Å². The quantitative estimate of drug-likeness (QED) is 0.394. The average Bonchev–Trinajstić information content (AvgIpc) is 3.57. The first-order chi connectivity index (χ1) is 16.5. The largest absolute Gasteiger partial charge is 0.340 e. The molecular weight excluding hydrogens is 426 g/mol. The number of nitrogens with zero attached hydrogens (tertiary/aromatic N) is 9. The zero-order valence-corrected chi connectivity index (χ0v) is 19.4. The first kappa shape index (κ1) is 20.2. The van der Waals surface area contributed by atoms with Crippen molar-refractivity contribution in [1.82, 2.24) is 43.9 Å². The summed E-state index contributed by atoms with van der Waals surface area (Å²) in [6.07, 6.45) is 11.3. The number of hydrogen-bond donors (Lipinski definition) is 0. The van der Waals surface area contributed by atoms with Crippen LogP contribution in [0.2, 0.25) is 0 Å². The van der Waals surface area contributed by atoms with Gasteiger partial charge in [0.15, 0.2) is 11.3 Å². The minimum absolute atomic E-state index is 0.301. The van der Waals surface area contributed by atoms with Gasteiger partial charge >= 0.3 is 0 Å². The molecule has 0 unspecified atom stereocenters. The van der Waals surface area contributed by atoms with Crippen LogP contribution in [0, 0.1) is 6.92 Å². The lowest BCUT2D eigenvalue weighted by atomic mass is 10.1. The van der Waals surface area contributed by atoms with E-state index in [0.29, 0.717) is 11.7 Å². The van der Waals surface area contributed by atoms with Crippen molar-refractivity contribution in [3.05, 3.63) is 67.3 Å². The van der Waals surface area contributed by atoms with Gasteiger partial charge in [-0.2, -0.15) is 10.2 Å². The van der Waals surface area contributed by atoms with Crippen LogP contribution in [0.3, 0.4) is 0 Å². The van der Waals surface area contributed by atoms with Gasteiger partial charge in [0.05, 0.1) is 35.8 Å². The van der Waals surface area contributed by atoms with Crippen LogP contribution in [-0.4, -0.2) is 43.9 Å². The smallest absolute Gasteiger partial charge is 0.160 e. The third-order valence-electron chi connectivity index (χ3n) is 5.97. The summed E-state index contributed by atoms with van der Waals surface area (Å²) in [4.78, 5) is 18.3. The molecule has 0 aliphatic carbocycles. The van der Waals surface area contributed by atoms with Crippen molar-refractivity contribution < 1.29 is 0 Å². The molecule has 0 radical (unpaired) electrons. The molecule has 6 aromatic rings. The molecule has 168 valence electrons. The number of aromatic nitrogens is 9. The Morgan fingerprint density at radius 2 is 1.79 bits per heavy atom. The van der Waals surface area contributed by atoms with Gasteiger partial charge in [-0.05, 0) is 45.0 Å². The Hall–Kier alpha value is -4.40. The van der Waals surface area contributed by atoms with Crippen molar-refractivity contribution in [3.8, 4) is 33.8 Å². The van der Waals surface area contributed by atoms with Crippen molar-refractivity contribution in [2.24, 2.45) is 7.05 Å². The van der Waals surface area contributed by atoms with Gasteiger partial charge in [-0.1, -0.05) is 0 Å². The summed E-state index contributed by atoms with van der Waals surface area (Å²) in [6.45, 7) is 6.23. The Morgan fingerprint density at radius 3 is 2.56 bits per heavy atom. The number of rotatable bonds is 4. The van der Waals surface area contributed by atoms with Crippen LogP contribution >= 0.6 is 0 Å². The molecule has 0 saturated heterocycles. The maximum atomic E-state index is 4.88. The third kappa shape index (κ3) is 3.24. The van der Waals surface area contributed by atoms with E-state index in [-0.39, 0.29) is 0 Å². The van der Waals surface area contributed by atoms with E-state index in [1.165, 1.54) is 0 Å². The second-order valence-electron chi connectivity index (χ2n) is 8.71. The molecule has 0 atom stereocenters. The molecule has 6 aromatic heterocycles. The molecule has 9 heteroatoms. The molecule has 34 heavy (non-hydrogen) atoms. The molecule has 0 aromatic carbocycles. The summed E-state index contributed by atoms with van der Waals surface area (Å²) < 4.78 is 5.73. The monoisotopic (exact) mass is 449 g/mol. The fourth-order valence-electron chi connectivity index (χ4n) is 4.18. The molecular formula is C25H23N9. The zero-order chi connectivity index (χ0) is 23.4. The fourth-order valence-corrected chi connectivity index (χ4v) is 4.18. The number of hydrogen-bond acceptors (Lipinski definition) is 6. The number of imidazole rings is 2. The first-order valence-corrected chi connectivity index (χ1v) is 11.1. The van der Waals surface area contributed by atoms with Crippen LogP contribution < -0.4 is 0 Å². The van der Waals surface area contributed by atoms with Gasteiger partial charge in [-0.3, -0.25) is 4.68 Å². The summed E-state index contributed by atoms with van der Waals surface area (Å²) in [7, 11) is 1.94. The van der Waals surface area contributed by atoms with Crippen LogP contribution in [0.1, 0.15) is 25.6 Å². The second kappa shape index (κ2) is 7.58. The normalized spacial score (nSPS) is 11.8. The van der Waals surface area contributed by atoms with E-state index in [0.717, 1.165) is 50.5 Å². The second-order valence-corrected chi connectivity index (χ2v) is 8.71. The van der Waals surface area contributed by atoms with Crippen molar-refractivity contribution in [2.75, 3.05) is 0 Å². The third-order valence-corrected chi connectivity index (χ3v) is 5.97. The van der Waals surface area contributed by atoms with Crippen LogP contribution in [0.25, 0.3) is 50.5 Å². The lowest BCUT2D eigenvalue weighted by Crippen LogP contribution is -2.01. The van der Waals surface area contributed by atoms with Crippen molar-refractivity contribution in [3.63, 3.8) is 0 Å². The van der Waals surface area contributed by atoms with Crippen molar-refractivity contribution in [1.29, 1.82) is 0 Å². The Labute approximate surface area is 195 Å². The van der Waals surface area contributed by atoms with Gasteiger partial charge in [0.1, 0.15) is 5.69 Å². The Bertz CT molecular complexity index is 1670. The number of fused-ring (bicyclic) bond motifs is 2. The van der Waals surface area contributed by atoms with Crippen LogP contribution in [-0.2, 0) is 7.05 Å². The molecule has 0 aliphatic rings. The van der Waals surface area contributed by atoms with E-state index in [1.54, 1.807) is 12.5 Å². The highest BCUT2D eigenvalue weighted by Gasteiger charge is 2.16. The molecule has 0 aliphatic heterocycles. The molecule has 6 heterocycles. The van der Waals surface area contributed by atoms with Crippen LogP contribution in [0.4, 0.5) is 0 Å². The molecule has 0 fully saturated rings. The van der Waals surface area contributed by atoms with Crippen molar-refractivity contribution in [2.45, 2.75) is 26.8 Å². The minimum atomic E-state index is 0.301. The Morgan fingerprint density at radius 1 is 0.912 bits per heavy atom. The van der Waals surface area contributed by atoms with E-state index < -0.39 is 0 Å². The minimum Gasteiger partial charge on any atom is -0.340 e. The van der Waals surface area contributed by atoms with Gasteiger partial charge in [-0.25, -0.2) is 24.5 Å². The standard InChI is InChI=1S/C25H23N9/c1-15(2)33-12-17(10-29-33)20-9-24-27-11-23(34(24)31-16(20)3)18-7-8-26-25-19(18)5-6-21(30-25)22-13-32(4)14-28-22/h5-15H,1-4H3. The van der Waals surface area contributed by atoms with E-state index >= 15 is 0 Å². The molecule has 6 rings (SSSR count). The average molecular weight is 450 g/mol. The number of aryl methyl sites for hydroxylation is 2. The Kier molecular flexibility index (Phi) is 4.51. The molecule has 0 saturated carbocycles. The molecule has 0 N–H and O–H groups in total. The fraction of sp³-hybridized carbons (Fsp3) is 0.200. The maximum absolute atomic E-state index is 4.88. The topological polar surface area (TPSA) is 91.6 Å². The van der Waals surface area contributed by atoms with Gasteiger partial charge in [0, 0.05) is 53.8 Å². The van der Waals surface area contributed by atoms with Crippen LogP contribution in [0.15, 0.2) is 61.6 Å². The molecule has 0 spiro atoms. The Balaban J connectivity index is 1.46. The van der Waals surface area contributed by atoms with Gasteiger partial charge < -0.3 is 4.57 Å². The van der Waals surface area contributed by atoms with Gasteiger partial charge in [0.2, 0.25) is 0 Å². The maximum Gasteiger partial charge on any atom is 0.160 e. The summed E-state index contributed by atoms with van der Waals surface area (Å²) in [6, 6.07) is 8.35. The SMILES string of the molecule is Cc1nn2c(-c3ccnc4nc(-c5cn(C)cn5)ccc34)cnc2cc1-c1cnn(C(C)C)c1.